The fraction of sp³-hybridized carbons (Fsp3) is 0.327. The highest BCUT2D eigenvalue weighted by molar-refractivity contribution is 5.85. The SMILES string of the molecule is CC(C)(C)c1cc(-c2cncc(-c3cc(C(C)(C)C)cc(C(C)(C)C)c3)c2C#CC#CC#CC#CC#CC#CC#CC#CC#CC#CC#CC#CC#CC#CC#CC#Cc2c(-c3cc(C(C)(C)C)cc(C(C)(C)C)c3)cncc2-c2cc(C(C)(C)C)cc(C(C)(C)C)c2)cc(C(C)(C)C)c1. The van der Waals surface area contributed by atoms with Crippen molar-refractivity contribution in [1.82, 2.24) is 9.97 Å². The van der Waals surface area contributed by atoms with Gasteiger partial charge in [0, 0.05) is 141 Å². The molecule has 6 rings (SSSR count). The Hall–Kier alpha value is -11.9. The zero-order chi connectivity index (χ0) is 73.7. The smallest absolute Gasteiger partial charge is 0.0443 e. The van der Waals surface area contributed by atoms with Gasteiger partial charge in [0.1, 0.15) is 0 Å². The largest absolute Gasteiger partial charge is 0.263 e. The van der Waals surface area contributed by atoms with Gasteiger partial charge in [-0.1, -0.05) is 251 Å². The number of rotatable bonds is 4. The first-order valence-electron chi connectivity index (χ1n) is 33.4. The molecule has 100 heavy (non-hydrogen) atoms. The molecule has 2 nitrogen and oxygen atoms in total. The molecule has 0 aliphatic carbocycles. The second-order valence-corrected chi connectivity index (χ2v) is 32.4. The fourth-order valence-electron chi connectivity index (χ4n) is 9.72. The minimum Gasteiger partial charge on any atom is -0.263 e. The van der Waals surface area contributed by atoms with Gasteiger partial charge in [0.15, 0.2) is 0 Å². The van der Waals surface area contributed by atoms with Crippen molar-refractivity contribution < 1.29 is 0 Å². The molecular formula is C98H88N2. The van der Waals surface area contributed by atoms with Crippen LogP contribution in [-0.4, -0.2) is 9.97 Å². The van der Waals surface area contributed by atoms with Crippen LogP contribution in [0.15, 0.2) is 97.6 Å². The van der Waals surface area contributed by atoms with Crippen molar-refractivity contribution in [1.29, 1.82) is 0 Å². The molecule has 0 unspecified atom stereocenters. The van der Waals surface area contributed by atoms with Crippen molar-refractivity contribution >= 4 is 0 Å². The molecule has 6 aromatic rings. The Morgan fingerprint density at radius 3 is 0.410 bits per heavy atom. The molecule has 2 aromatic heterocycles. The van der Waals surface area contributed by atoms with Gasteiger partial charge in [-0.15, -0.1) is 0 Å². The Morgan fingerprint density at radius 2 is 0.290 bits per heavy atom. The van der Waals surface area contributed by atoms with Gasteiger partial charge in [0.05, 0.1) is 0 Å². The first-order valence-corrected chi connectivity index (χ1v) is 33.4. The van der Waals surface area contributed by atoms with Crippen molar-refractivity contribution in [3.63, 3.8) is 0 Å². The second kappa shape index (κ2) is 32.9. The van der Waals surface area contributed by atoms with Crippen LogP contribution in [0, 0.1) is 189 Å². The third-order valence-corrected chi connectivity index (χ3v) is 16.0. The maximum Gasteiger partial charge on any atom is 0.0443 e. The summed E-state index contributed by atoms with van der Waals surface area (Å²) in [7, 11) is 0. The van der Waals surface area contributed by atoms with E-state index in [1.54, 1.807) is 0 Å². The maximum atomic E-state index is 4.85. The summed E-state index contributed by atoms with van der Waals surface area (Å²) in [4.78, 5) is 9.69. The van der Waals surface area contributed by atoms with E-state index in [1.165, 1.54) is 44.5 Å². The summed E-state index contributed by atoms with van der Waals surface area (Å²) < 4.78 is 0. The number of pyridine rings is 2. The molecule has 0 aliphatic heterocycles. The summed E-state index contributed by atoms with van der Waals surface area (Å²) >= 11 is 0. The van der Waals surface area contributed by atoms with Gasteiger partial charge in [-0.05, 0) is 205 Å². The van der Waals surface area contributed by atoms with E-state index in [4.69, 9.17) is 9.97 Å². The maximum absolute atomic E-state index is 4.85. The topological polar surface area (TPSA) is 25.8 Å². The van der Waals surface area contributed by atoms with E-state index in [-0.39, 0.29) is 43.3 Å². The van der Waals surface area contributed by atoms with Gasteiger partial charge in [-0.25, -0.2) is 0 Å². The molecule has 2 heterocycles. The van der Waals surface area contributed by atoms with Gasteiger partial charge in [-0.3, -0.25) is 9.97 Å². The Balaban J connectivity index is 1.09. The zero-order valence-electron chi connectivity index (χ0n) is 63.1. The van der Waals surface area contributed by atoms with Crippen LogP contribution in [0.25, 0.3) is 44.5 Å². The normalized spacial score (nSPS) is 10.5. The Morgan fingerprint density at radius 1 is 0.170 bits per heavy atom. The minimum absolute atomic E-state index is 0.0742. The van der Waals surface area contributed by atoms with Gasteiger partial charge in [0.25, 0.3) is 0 Å². The molecule has 0 saturated carbocycles. The van der Waals surface area contributed by atoms with Crippen LogP contribution in [0.2, 0.25) is 0 Å². The van der Waals surface area contributed by atoms with E-state index in [2.05, 4.69) is 428 Å². The molecule has 0 radical (unpaired) electrons. The average Bonchev–Trinajstić information content (AvgIpc) is 0.775. The highest BCUT2D eigenvalue weighted by Crippen LogP contribution is 2.42. The summed E-state index contributed by atoms with van der Waals surface area (Å²) in [5.74, 6) is 88.0. The number of hydrogen-bond acceptors (Lipinski definition) is 2. The number of hydrogen-bond donors (Lipinski definition) is 0. The van der Waals surface area contributed by atoms with Crippen molar-refractivity contribution in [2.45, 2.75) is 209 Å². The molecular weight excluding hydrogens is 1210 g/mol. The molecule has 0 fully saturated rings. The minimum atomic E-state index is -0.0742. The Bertz CT molecular complexity index is 4670. The highest BCUT2D eigenvalue weighted by Gasteiger charge is 2.28. The van der Waals surface area contributed by atoms with Gasteiger partial charge in [0.2, 0.25) is 0 Å². The molecule has 0 atom stereocenters. The van der Waals surface area contributed by atoms with Crippen LogP contribution >= 0.6 is 0 Å². The van der Waals surface area contributed by atoms with Crippen molar-refractivity contribution in [2.24, 2.45) is 0 Å². The molecule has 0 saturated heterocycles. The number of nitrogens with zero attached hydrogens (tertiary/aromatic N) is 2. The van der Waals surface area contributed by atoms with E-state index in [9.17, 15) is 0 Å². The lowest BCUT2D eigenvalue weighted by Gasteiger charge is -2.27. The summed E-state index contributed by atoms with van der Waals surface area (Å²) in [6.07, 6.45) is 7.69. The Labute approximate surface area is 603 Å². The van der Waals surface area contributed by atoms with Gasteiger partial charge >= 0.3 is 0 Å². The summed E-state index contributed by atoms with van der Waals surface area (Å²) in [6.45, 7) is 53.9. The highest BCUT2D eigenvalue weighted by atomic mass is 14.6. The summed E-state index contributed by atoms with van der Waals surface area (Å²) in [5.41, 5.74) is 19.1. The van der Waals surface area contributed by atoms with Crippen LogP contribution in [0.1, 0.15) is 222 Å². The summed E-state index contributed by atoms with van der Waals surface area (Å²) in [6, 6.07) is 27.5. The van der Waals surface area contributed by atoms with E-state index in [0.717, 1.165) is 55.6 Å². The standard InChI is InChI=1S/C98H88N2/c1-91(2,3)77-57-73(58-78(65-77)92(4,5)6)87-69-99-70-88(74-59-79(93(7,8)9)66-80(60-74)94(10,11)12)85(87)55-53-51-49-47-45-43-41-39-37-35-33-31-29-27-25-26-28-30-32-34-36-38-40-42-44-46-48-50-52-54-56-86-89(75-61-81(95(13,14)15)67-82(62-75)96(16,17)18)71-100-72-90(86)76-63-83(97(19,20)21)68-84(64-76)98(22,23)24/h57-72H,1-24H3. The van der Waals surface area contributed by atoms with Crippen LogP contribution in [0.3, 0.4) is 0 Å². The van der Waals surface area contributed by atoms with Crippen molar-refractivity contribution in [2.75, 3.05) is 0 Å². The van der Waals surface area contributed by atoms with Crippen LogP contribution in [0.5, 0.6) is 0 Å². The van der Waals surface area contributed by atoms with E-state index in [0.29, 0.717) is 0 Å². The Kier molecular flexibility index (Phi) is 25.4. The first kappa shape index (κ1) is 77.1. The molecule has 0 amide bonds. The van der Waals surface area contributed by atoms with Crippen molar-refractivity contribution in [3.05, 3.63) is 153 Å². The molecule has 0 bridgehead atoms. The van der Waals surface area contributed by atoms with Crippen molar-refractivity contribution in [3.8, 4) is 234 Å². The van der Waals surface area contributed by atoms with E-state index < -0.39 is 0 Å². The monoisotopic (exact) mass is 1290 g/mol. The molecule has 0 spiro atoms. The number of aromatic nitrogens is 2. The predicted molar refractivity (Wildman–Crippen MR) is 422 cm³/mol. The molecule has 490 valence electrons. The summed E-state index contributed by atoms with van der Waals surface area (Å²) in [5, 5.41) is 0. The molecule has 0 aliphatic rings. The predicted octanol–water partition coefficient (Wildman–Crippen LogP) is 19.0. The lowest BCUT2D eigenvalue weighted by Crippen LogP contribution is -2.17. The van der Waals surface area contributed by atoms with Crippen LogP contribution in [-0.2, 0) is 43.3 Å². The fourth-order valence-corrected chi connectivity index (χ4v) is 9.72. The molecule has 2 heteroatoms. The molecule has 4 aromatic carbocycles. The van der Waals surface area contributed by atoms with E-state index >= 15 is 0 Å². The average molecular weight is 1290 g/mol. The third kappa shape index (κ3) is 23.5. The zero-order valence-corrected chi connectivity index (χ0v) is 63.1. The quantitative estimate of drug-likeness (QED) is 0.164. The van der Waals surface area contributed by atoms with E-state index in [1.807, 2.05) is 24.8 Å². The van der Waals surface area contributed by atoms with Gasteiger partial charge in [-0.2, -0.15) is 0 Å². The van der Waals surface area contributed by atoms with Crippen LogP contribution < -0.4 is 0 Å². The van der Waals surface area contributed by atoms with Gasteiger partial charge < -0.3 is 0 Å². The molecule has 0 N–H and O–H groups in total. The van der Waals surface area contributed by atoms with Crippen LogP contribution in [0.4, 0.5) is 0 Å². The lowest BCUT2D eigenvalue weighted by atomic mass is 9.77. The third-order valence-electron chi connectivity index (χ3n) is 16.0. The first-order chi connectivity index (χ1) is 46.7. The number of benzene rings is 4. The lowest BCUT2D eigenvalue weighted by molar-refractivity contribution is 0.568. The second-order valence-electron chi connectivity index (χ2n) is 32.4.